The average Bonchev–Trinajstić information content (AvgIpc) is 2.67. The van der Waals surface area contributed by atoms with E-state index in [0.717, 1.165) is 16.3 Å². The minimum Gasteiger partial charge on any atom is -0.294 e. The number of nitrogens with zero attached hydrogens (tertiary/aromatic N) is 2. The van der Waals surface area contributed by atoms with Gasteiger partial charge in [0, 0.05) is 19.3 Å². The van der Waals surface area contributed by atoms with Gasteiger partial charge in [0.05, 0.1) is 4.88 Å². The van der Waals surface area contributed by atoms with Crippen molar-refractivity contribution in [2.75, 3.05) is 0 Å². The molecule has 0 aliphatic rings. The van der Waals surface area contributed by atoms with Crippen molar-refractivity contribution in [1.29, 1.82) is 0 Å². The molecule has 0 spiro atoms. The minimum atomic E-state index is 0.0485. The van der Waals surface area contributed by atoms with Crippen molar-refractivity contribution in [2.45, 2.75) is 13.8 Å². The van der Waals surface area contributed by atoms with Crippen molar-refractivity contribution < 1.29 is 4.79 Å². The van der Waals surface area contributed by atoms with Crippen molar-refractivity contribution in [2.24, 2.45) is 0 Å². The first-order valence-electron chi connectivity index (χ1n) is 4.57. The quantitative estimate of drug-likeness (QED) is 0.728. The number of aryl methyl sites for hydroxylation is 1. The van der Waals surface area contributed by atoms with Crippen LogP contribution in [0.1, 0.15) is 22.2 Å². The monoisotopic (exact) mass is 218 g/mol. The fraction of sp³-hybridized carbons (Fsp3) is 0.182. The van der Waals surface area contributed by atoms with Crippen LogP contribution in [0.2, 0.25) is 0 Å². The van der Waals surface area contributed by atoms with Crippen LogP contribution in [0.4, 0.5) is 0 Å². The maximum atomic E-state index is 11.1. The maximum Gasteiger partial charge on any atom is 0.171 e. The van der Waals surface area contributed by atoms with Crippen LogP contribution in [-0.2, 0) is 0 Å². The Hall–Kier alpha value is -1.55. The van der Waals surface area contributed by atoms with E-state index in [1.54, 1.807) is 19.3 Å². The average molecular weight is 218 g/mol. The lowest BCUT2D eigenvalue weighted by molar-refractivity contribution is 0.102. The molecule has 2 aromatic rings. The van der Waals surface area contributed by atoms with Gasteiger partial charge in [-0.05, 0) is 18.6 Å². The Bertz CT molecular complexity index is 505. The van der Waals surface area contributed by atoms with Gasteiger partial charge in [-0.2, -0.15) is 0 Å². The molecule has 0 saturated carbocycles. The third-order valence-corrected chi connectivity index (χ3v) is 3.17. The predicted molar refractivity (Wildman–Crippen MR) is 60.1 cm³/mol. The Kier molecular flexibility index (Phi) is 2.60. The van der Waals surface area contributed by atoms with Crippen LogP contribution in [0.25, 0.3) is 10.7 Å². The predicted octanol–water partition coefficient (Wildman–Crippen LogP) is 2.72. The summed E-state index contributed by atoms with van der Waals surface area (Å²) in [6.07, 6.45) is 3.34. The van der Waals surface area contributed by atoms with Crippen LogP contribution in [0.3, 0.4) is 0 Å². The second-order valence-electron chi connectivity index (χ2n) is 3.25. The summed E-state index contributed by atoms with van der Waals surface area (Å²) in [6, 6.07) is 3.87. The Morgan fingerprint density at radius 2 is 2.20 bits per heavy atom. The van der Waals surface area contributed by atoms with Crippen LogP contribution in [0, 0.1) is 6.92 Å². The van der Waals surface area contributed by atoms with Gasteiger partial charge in [-0.3, -0.25) is 9.78 Å². The van der Waals surface area contributed by atoms with Crippen molar-refractivity contribution in [1.82, 2.24) is 9.97 Å². The number of rotatable bonds is 2. The number of Topliss-reactive ketones (excluding diaryl/α,β-unsaturated/α-hetero) is 1. The molecule has 0 fully saturated rings. The molecule has 4 heteroatoms. The van der Waals surface area contributed by atoms with Crippen LogP contribution in [-0.4, -0.2) is 15.8 Å². The molecule has 0 unspecified atom stereocenters. The summed E-state index contributed by atoms with van der Waals surface area (Å²) in [6.45, 7) is 3.53. The molecule has 76 valence electrons. The van der Waals surface area contributed by atoms with E-state index < -0.39 is 0 Å². The fourth-order valence-corrected chi connectivity index (χ4v) is 2.13. The first-order valence-corrected chi connectivity index (χ1v) is 5.39. The molecule has 2 heterocycles. The number of hydrogen-bond donors (Lipinski definition) is 0. The molecule has 0 N–H and O–H groups in total. The van der Waals surface area contributed by atoms with E-state index in [2.05, 4.69) is 9.97 Å². The van der Waals surface area contributed by atoms with Gasteiger partial charge in [-0.25, -0.2) is 4.98 Å². The molecule has 0 atom stereocenters. The summed E-state index contributed by atoms with van der Waals surface area (Å²) in [4.78, 5) is 20.3. The van der Waals surface area contributed by atoms with E-state index in [9.17, 15) is 4.79 Å². The lowest BCUT2D eigenvalue weighted by Gasteiger charge is -1.98. The fourth-order valence-electron chi connectivity index (χ4n) is 1.26. The second kappa shape index (κ2) is 3.90. The van der Waals surface area contributed by atoms with Crippen LogP contribution in [0.15, 0.2) is 24.5 Å². The molecule has 0 bridgehead atoms. The molecule has 0 amide bonds. The van der Waals surface area contributed by atoms with Crippen molar-refractivity contribution in [3.63, 3.8) is 0 Å². The summed E-state index contributed by atoms with van der Waals surface area (Å²) in [5, 5.41) is 0.804. The summed E-state index contributed by atoms with van der Waals surface area (Å²) in [5.74, 6) is 0.0485. The van der Waals surface area contributed by atoms with Gasteiger partial charge in [-0.1, -0.05) is 6.07 Å². The molecule has 0 aliphatic heterocycles. The van der Waals surface area contributed by atoms with E-state index in [4.69, 9.17) is 0 Å². The van der Waals surface area contributed by atoms with Gasteiger partial charge in [0.2, 0.25) is 0 Å². The minimum absolute atomic E-state index is 0.0485. The number of aromatic nitrogens is 2. The van der Waals surface area contributed by atoms with E-state index in [-0.39, 0.29) is 5.78 Å². The Labute approximate surface area is 91.8 Å². The van der Waals surface area contributed by atoms with Crippen molar-refractivity contribution >= 4 is 17.1 Å². The summed E-state index contributed by atoms with van der Waals surface area (Å²) in [7, 11) is 0. The number of carbonyl (C=O) groups is 1. The lowest BCUT2D eigenvalue weighted by Crippen LogP contribution is -1.85. The number of hydrogen-bond acceptors (Lipinski definition) is 4. The van der Waals surface area contributed by atoms with Gasteiger partial charge >= 0.3 is 0 Å². The molecule has 3 nitrogen and oxygen atoms in total. The Morgan fingerprint density at radius 3 is 2.80 bits per heavy atom. The van der Waals surface area contributed by atoms with Crippen LogP contribution in [0.5, 0.6) is 0 Å². The van der Waals surface area contributed by atoms with E-state index in [1.165, 1.54) is 11.3 Å². The Morgan fingerprint density at radius 1 is 1.40 bits per heavy atom. The van der Waals surface area contributed by atoms with Gasteiger partial charge in [-0.15, -0.1) is 11.3 Å². The molecule has 0 saturated heterocycles. The molecular weight excluding hydrogens is 208 g/mol. The zero-order chi connectivity index (χ0) is 10.8. The van der Waals surface area contributed by atoms with E-state index in [0.29, 0.717) is 4.88 Å². The smallest absolute Gasteiger partial charge is 0.171 e. The molecule has 2 aromatic heterocycles. The largest absolute Gasteiger partial charge is 0.294 e. The summed E-state index contributed by atoms with van der Waals surface area (Å²) >= 11 is 1.39. The van der Waals surface area contributed by atoms with Gasteiger partial charge in [0.25, 0.3) is 0 Å². The van der Waals surface area contributed by atoms with Crippen LogP contribution >= 0.6 is 11.3 Å². The van der Waals surface area contributed by atoms with E-state index in [1.807, 2.05) is 19.1 Å². The maximum absolute atomic E-state index is 11.1. The highest BCUT2D eigenvalue weighted by atomic mass is 32.1. The number of ketones is 1. The molecule has 0 aliphatic carbocycles. The standard InChI is InChI=1S/C11H10N2OS/c1-7-4-3-5-12-10(7)11-13-6-9(15-11)8(2)14/h3-6H,1-2H3. The lowest BCUT2D eigenvalue weighted by atomic mass is 10.2. The van der Waals surface area contributed by atoms with E-state index >= 15 is 0 Å². The number of carbonyl (C=O) groups excluding carboxylic acids is 1. The van der Waals surface area contributed by atoms with Gasteiger partial charge < -0.3 is 0 Å². The Balaban J connectivity index is 2.46. The first-order chi connectivity index (χ1) is 7.18. The normalized spacial score (nSPS) is 10.3. The van der Waals surface area contributed by atoms with Gasteiger partial charge in [0.15, 0.2) is 5.78 Å². The third kappa shape index (κ3) is 1.94. The summed E-state index contributed by atoms with van der Waals surface area (Å²) in [5.41, 5.74) is 1.93. The van der Waals surface area contributed by atoms with Crippen molar-refractivity contribution in [3.05, 3.63) is 35.0 Å². The molecule has 0 radical (unpaired) electrons. The third-order valence-electron chi connectivity index (χ3n) is 2.06. The highest BCUT2D eigenvalue weighted by Gasteiger charge is 2.10. The van der Waals surface area contributed by atoms with Crippen LogP contribution < -0.4 is 0 Å². The zero-order valence-corrected chi connectivity index (χ0v) is 9.34. The highest BCUT2D eigenvalue weighted by molar-refractivity contribution is 7.16. The number of pyridine rings is 1. The van der Waals surface area contributed by atoms with Crippen molar-refractivity contribution in [3.8, 4) is 10.7 Å². The van der Waals surface area contributed by atoms with Gasteiger partial charge in [0.1, 0.15) is 10.7 Å². The molecule has 15 heavy (non-hydrogen) atoms. The summed E-state index contributed by atoms with van der Waals surface area (Å²) < 4.78 is 0. The highest BCUT2D eigenvalue weighted by Crippen LogP contribution is 2.25. The molecular formula is C11H10N2OS. The second-order valence-corrected chi connectivity index (χ2v) is 4.29. The SMILES string of the molecule is CC(=O)c1cnc(-c2ncccc2C)s1. The topological polar surface area (TPSA) is 42.9 Å². The first kappa shape index (κ1) is 9.98. The molecule has 2 rings (SSSR count). The number of thiazole rings is 1. The molecule has 0 aromatic carbocycles. The zero-order valence-electron chi connectivity index (χ0n) is 8.52.